The number of ketones is 1. The Morgan fingerprint density at radius 2 is 1.76 bits per heavy atom. The predicted octanol–water partition coefficient (Wildman–Crippen LogP) is 5.27. The van der Waals surface area contributed by atoms with Crippen molar-refractivity contribution in [1.29, 1.82) is 0 Å². The van der Waals surface area contributed by atoms with Crippen molar-refractivity contribution < 1.29 is 23.9 Å². The van der Waals surface area contributed by atoms with Gasteiger partial charge >= 0.3 is 5.97 Å². The van der Waals surface area contributed by atoms with Gasteiger partial charge in [-0.15, -0.1) is 11.3 Å². The van der Waals surface area contributed by atoms with Crippen LogP contribution in [0.1, 0.15) is 107 Å². The molecule has 2 aromatic heterocycles. The lowest BCUT2D eigenvalue weighted by molar-refractivity contribution is -0.126. The third-order valence-electron chi connectivity index (χ3n) is 7.52. The first-order valence-corrected chi connectivity index (χ1v) is 16.6. The number of fused-ring (bicyclic) bond motifs is 1. The average Bonchev–Trinajstić information content (AvgIpc) is 3.40. The number of benzene rings is 1. The van der Waals surface area contributed by atoms with Gasteiger partial charge in [0, 0.05) is 35.3 Å². The zero-order valence-corrected chi connectivity index (χ0v) is 27.7. The molecule has 0 fully saturated rings. The molecular formula is C33H45N5O6S. The largest absolute Gasteiger partial charge is 0.461 e. The molecule has 0 saturated carbocycles. The fourth-order valence-corrected chi connectivity index (χ4v) is 6.01. The smallest absolute Gasteiger partial charge is 0.359 e. The van der Waals surface area contributed by atoms with Gasteiger partial charge < -0.3 is 25.5 Å². The summed E-state index contributed by atoms with van der Waals surface area (Å²) in [4.78, 5) is 66.2. The maximum Gasteiger partial charge on any atom is 0.359 e. The van der Waals surface area contributed by atoms with Gasteiger partial charge in [-0.3, -0.25) is 14.4 Å². The van der Waals surface area contributed by atoms with Gasteiger partial charge in [-0.2, -0.15) is 9.78 Å². The number of esters is 1. The van der Waals surface area contributed by atoms with E-state index in [9.17, 15) is 24.0 Å². The van der Waals surface area contributed by atoms with Crippen molar-refractivity contribution in [3.05, 3.63) is 51.3 Å². The highest BCUT2D eigenvalue weighted by Crippen LogP contribution is 2.28. The number of rotatable bonds is 17. The summed E-state index contributed by atoms with van der Waals surface area (Å²) in [5.74, 6) is -1.01. The Morgan fingerprint density at radius 3 is 2.38 bits per heavy atom. The molecule has 2 amide bonds. The highest BCUT2D eigenvalue weighted by atomic mass is 32.1. The molecule has 11 nitrogen and oxygen atoms in total. The highest BCUT2D eigenvalue weighted by molar-refractivity contribution is 7.15. The lowest BCUT2D eigenvalue weighted by Gasteiger charge is -2.34. The normalized spacial score (nSPS) is 11.9. The third-order valence-corrected chi connectivity index (χ3v) is 8.34. The van der Waals surface area contributed by atoms with E-state index < -0.39 is 17.6 Å². The van der Waals surface area contributed by atoms with Crippen LogP contribution < -0.4 is 16.6 Å². The molecule has 0 aliphatic rings. The van der Waals surface area contributed by atoms with Gasteiger partial charge in [0.1, 0.15) is 11.8 Å². The van der Waals surface area contributed by atoms with Crippen molar-refractivity contribution >= 4 is 50.7 Å². The van der Waals surface area contributed by atoms with Gasteiger partial charge in [-0.1, -0.05) is 32.6 Å². The van der Waals surface area contributed by atoms with E-state index in [1.807, 2.05) is 13.8 Å². The summed E-state index contributed by atoms with van der Waals surface area (Å²) < 4.78 is 6.24. The number of nitrogens with one attached hydrogen (secondary N) is 1. The molecule has 1 unspecified atom stereocenters. The van der Waals surface area contributed by atoms with Crippen LogP contribution in [-0.2, 0) is 14.3 Å². The maximum absolute atomic E-state index is 13.9. The zero-order valence-electron chi connectivity index (χ0n) is 26.9. The number of unbranched alkanes of at least 4 members (excludes halogenated alkanes) is 4. The maximum atomic E-state index is 13.9. The Morgan fingerprint density at radius 1 is 1.04 bits per heavy atom. The van der Waals surface area contributed by atoms with Crippen molar-refractivity contribution in [3.63, 3.8) is 0 Å². The number of ether oxygens (including phenoxy) is 1. The molecule has 1 aromatic carbocycles. The van der Waals surface area contributed by atoms with Crippen molar-refractivity contribution in [2.24, 2.45) is 0 Å². The van der Waals surface area contributed by atoms with E-state index in [1.54, 1.807) is 48.4 Å². The van der Waals surface area contributed by atoms with E-state index >= 15 is 0 Å². The number of amides is 2. The van der Waals surface area contributed by atoms with Crippen molar-refractivity contribution in [2.75, 3.05) is 18.9 Å². The van der Waals surface area contributed by atoms with Gasteiger partial charge in [0.2, 0.25) is 5.91 Å². The molecule has 1 atom stereocenters. The Kier molecular flexibility index (Phi) is 13.3. The minimum absolute atomic E-state index is 0.0229. The van der Waals surface area contributed by atoms with Crippen LogP contribution in [0.2, 0.25) is 0 Å². The Labute approximate surface area is 268 Å². The highest BCUT2D eigenvalue weighted by Gasteiger charge is 2.32. The van der Waals surface area contributed by atoms with Crippen LogP contribution in [0.25, 0.3) is 16.5 Å². The summed E-state index contributed by atoms with van der Waals surface area (Å²) in [5.41, 5.74) is 6.25. The molecule has 0 radical (unpaired) electrons. The molecule has 0 bridgehead atoms. The lowest BCUT2D eigenvalue weighted by atomic mass is 10.0. The molecule has 3 rings (SSSR count). The first kappa shape index (κ1) is 35.4. The van der Waals surface area contributed by atoms with Crippen LogP contribution >= 0.6 is 11.3 Å². The average molecular weight is 640 g/mol. The third kappa shape index (κ3) is 9.00. The molecule has 3 N–H and O–H groups in total. The van der Waals surface area contributed by atoms with Gasteiger partial charge in [-0.05, 0) is 71.2 Å². The van der Waals surface area contributed by atoms with Crippen LogP contribution in [0.15, 0.2) is 34.4 Å². The lowest BCUT2D eigenvalue weighted by Crippen LogP contribution is -2.52. The molecule has 0 aliphatic heterocycles. The van der Waals surface area contributed by atoms with E-state index in [0.717, 1.165) is 54.5 Å². The topological polar surface area (TPSA) is 154 Å². The number of anilines is 1. The standard InChI is InChI=1S/C33H45N5O6S/c1-6-8-10-14-26(30(40)35-19-12-9-11-13-22(5)39)37(21(3)4)31(41)23-15-17-24(18-16-23)38-32(42)27-25(20-45-29(27)34)28(36-38)33(43)44-7-2/h15-18,20-21,26H,6-14,19,34H2,1-5H3,(H,35,40). The van der Waals surface area contributed by atoms with Crippen LogP contribution in [-0.4, -0.2) is 63.5 Å². The zero-order chi connectivity index (χ0) is 33.1. The first-order valence-electron chi connectivity index (χ1n) is 15.7. The number of aromatic nitrogens is 2. The quantitative estimate of drug-likeness (QED) is 0.150. The number of carbonyl (C=O) groups is 4. The number of hydrogen-bond donors (Lipinski definition) is 2. The summed E-state index contributed by atoms with van der Waals surface area (Å²) in [6.07, 6.45) is 6.18. The summed E-state index contributed by atoms with van der Waals surface area (Å²) >= 11 is 1.14. The molecule has 12 heteroatoms. The first-order chi connectivity index (χ1) is 21.5. The molecule has 244 valence electrons. The Bertz CT molecular complexity index is 1550. The summed E-state index contributed by atoms with van der Waals surface area (Å²) in [6.45, 7) is 9.73. The van der Waals surface area contributed by atoms with E-state index in [2.05, 4.69) is 17.3 Å². The van der Waals surface area contributed by atoms with E-state index in [1.165, 1.54) is 0 Å². The monoisotopic (exact) mass is 639 g/mol. The number of nitrogens with two attached hydrogens (primary N) is 1. The number of hydrogen-bond acceptors (Lipinski definition) is 9. The van der Waals surface area contributed by atoms with Gasteiger partial charge in [-0.25, -0.2) is 4.79 Å². The van der Waals surface area contributed by atoms with Crippen LogP contribution in [0, 0.1) is 0 Å². The number of Topliss-reactive ketones (excluding diaryl/α,β-unsaturated/α-hetero) is 1. The van der Waals surface area contributed by atoms with Crippen LogP contribution in [0.4, 0.5) is 5.00 Å². The second kappa shape index (κ2) is 16.9. The van der Waals surface area contributed by atoms with Crippen molar-refractivity contribution in [3.8, 4) is 5.69 Å². The number of nitrogens with zero attached hydrogens (tertiary/aromatic N) is 3. The Hall–Kier alpha value is -4.06. The SMILES string of the molecule is CCCCCC(C(=O)NCCCCCC(C)=O)N(C(=O)c1ccc(-n2nc(C(=O)OCC)c3csc(N)c3c2=O)cc1)C(C)C. The molecule has 3 aromatic rings. The fourth-order valence-electron chi connectivity index (χ4n) is 5.22. The predicted molar refractivity (Wildman–Crippen MR) is 177 cm³/mol. The second-order valence-electron chi connectivity index (χ2n) is 11.3. The minimum atomic E-state index is -0.670. The summed E-state index contributed by atoms with van der Waals surface area (Å²) in [7, 11) is 0. The number of nitrogen functional groups attached to an aromatic ring is 1. The van der Waals surface area contributed by atoms with Crippen molar-refractivity contribution in [2.45, 2.75) is 98.1 Å². The molecule has 2 heterocycles. The van der Waals surface area contributed by atoms with Gasteiger partial charge in [0.15, 0.2) is 5.69 Å². The fraction of sp³-hybridized carbons (Fsp3) is 0.515. The second-order valence-corrected chi connectivity index (χ2v) is 12.3. The number of carbonyl (C=O) groups excluding carboxylic acids is 4. The summed E-state index contributed by atoms with van der Waals surface area (Å²) in [6, 6.07) is 5.42. The van der Waals surface area contributed by atoms with Crippen LogP contribution in [0.5, 0.6) is 0 Å². The Balaban J connectivity index is 1.88. The van der Waals surface area contributed by atoms with Gasteiger partial charge in [0.05, 0.1) is 22.7 Å². The van der Waals surface area contributed by atoms with E-state index in [-0.39, 0.29) is 46.3 Å². The van der Waals surface area contributed by atoms with Crippen molar-refractivity contribution in [1.82, 2.24) is 20.0 Å². The van der Waals surface area contributed by atoms with E-state index in [4.69, 9.17) is 10.5 Å². The number of thiophene rings is 1. The van der Waals surface area contributed by atoms with E-state index in [0.29, 0.717) is 36.0 Å². The molecule has 0 aliphatic carbocycles. The molecule has 0 spiro atoms. The molecule has 0 saturated heterocycles. The molecular weight excluding hydrogens is 594 g/mol. The molecule has 45 heavy (non-hydrogen) atoms. The summed E-state index contributed by atoms with van der Waals surface area (Å²) in [5, 5.41) is 9.70. The van der Waals surface area contributed by atoms with Crippen LogP contribution in [0.3, 0.4) is 0 Å². The van der Waals surface area contributed by atoms with Gasteiger partial charge in [0.25, 0.3) is 11.5 Å². The minimum Gasteiger partial charge on any atom is -0.461 e.